The van der Waals surface area contributed by atoms with Gasteiger partial charge in [0.15, 0.2) is 0 Å². The van der Waals surface area contributed by atoms with E-state index in [-0.39, 0.29) is 0 Å². The number of rotatable bonds is 0. The number of aromatic amines is 2. The maximum absolute atomic E-state index is 4.63. The monoisotopic (exact) mass is 380 g/mol. The van der Waals surface area contributed by atoms with Gasteiger partial charge in [0.05, 0.1) is 35.2 Å². The van der Waals surface area contributed by atoms with Crippen LogP contribution in [0.25, 0.3) is 46.4 Å². The fraction of sp³-hybridized carbons (Fsp3) is 0. The van der Waals surface area contributed by atoms with Crippen LogP contribution in [0.4, 0.5) is 0 Å². The smallest absolute Gasteiger partial charge is 0.0913 e. The lowest BCUT2D eigenvalue weighted by atomic mass is 10.3. The Labute approximate surface area is 165 Å². The van der Waals surface area contributed by atoms with Crippen LogP contribution in [-0.2, 0) is 0 Å². The van der Waals surface area contributed by atoms with E-state index in [0.717, 1.165) is 44.8 Å². The van der Waals surface area contributed by atoms with Crippen LogP contribution in [0.2, 0.25) is 0 Å². The highest BCUT2D eigenvalue weighted by Gasteiger charge is 2.01. The zero-order valence-electron chi connectivity index (χ0n) is 15.3. The summed E-state index contributed by atoms with van der Waals surface area (Å²) in [5.74, 6) is 0. The molecule has 6 heterocycles. The quantitative estimate of drug-likeness (QED) is 0.397. The third-order valence-electron chi connectivity index (χ3n) is 4.32. The zero-order valence-corrected chi connectivity index (χ0v) is 15.3. The zero-order chi connectivity index (χ0) is 19.5. The van der Waals surface area contributed by atoms with Crippen molar-refractivity contribution in [1.82, 2.24) is 30.2 Å². The normalized spacial score (nSPS) is 11.9. The Bertz CT molecular complexity index is 1170. The molecule has 7 heteroatoms. The van der Waals surface area contributed by atoms with E-state index in [1.54, 1.807) is 0 Å². The second-order valence-electron chi connectivity index (χ2n) is 6.50. The van der Waals surface area contributed by atoms with Crippen molar-refractivity contribution >= 4 is 46.4 Å². The average molecular weight is 380 g/mol. The molecular weight excluding hydrogens is 364 g/mol. The highest BCUT2D eigenvalue weighted by molar-refractivity contribution is 5.77. The van der Waals surface area contributed by atoms with E-state index in [1.807, 2.05) is 48.6 Å². The second-order valence-corrected chi connectivity index (χ2v) is 6.50. The second kappa shape index (κ2) is 7.40. The van der Waals surface area contributed by atoms with Crippen molar-refractivity contribution in [1.29, 1.82) is 0 Å². The van der Waals surface area contributed by atoms with E-state index in [9.17, 15) is 0 Å². The van der Waals surface area contributed by atoms with Gasteiger partial charge in [0.25, 0.3) is 0 Å². The molecule has 0 saturated heterocycles. The maximum atomic E-state index is 4.63. The van der Waals surface area contributed by atoms with Crippen molar-refractivity contribution in [2.45, 2.75) is 0 Å². The van der Waals surface area contributed by atoms with Crippen LogP contribution >= 0.6 is 0 Å². The van der Waals surface area contributed by atoms with Crippen molar-refractivity contribution < 1.29 is 4.63 Å². The van der Waals surface area contributed by atoms with E-state index in [2.05, 4.69) is 59.1 Å². The number of nitrogens with one attached hydrogen (secondary N) is 2. The summed E-state index contributed by atoms with van der Waals surface area (Å²) in [6.07, 6.45) is 11.0. The van der Waals surface area contributed by atoms with Crippen molar-refractivity contribution in [3.8, 4) is 0 Å². The Morgan fingerprint density at radius 1 is 0.517 bits per heavy atom. The molecule has 0 saturated carbocycles. The molecule has 0 aromatic carbocycles. The summed E-state index contributed by atoms with van der Waals surface area (Å²) in [5, 5.41) is 6.47. The van der Waals surface area contributed by atoms with Gasteiger partial charge in [-0.1, -0.05) is 10.3 Å². The van der Waals surface area contributed by atoms with Crippen molar-refractivity contribution in [2.75, 3.05) is 0 Å². The van der Waals surface area contributed by atoms with Crippen LogP contribution < -0.4 is 0 Å². The Balaban J connectivity index is 0.000000319. The number of nitrogens with zero attached hydrogens (tertiary/aromatic N) is 4. The van der Waals surface area contributed by atoms with Crippen molar-refractivity contribution in [3.05, 3.63) is 83.7 Å². The molecule has 4 aromatic heterocycles. The molecule has 2 aliphatic rings. The van der Waals surface area contributed by atoms with E-state index in [1.165, 1.54) is 12.4 Å². The number of aromatic nitrogens is 6. The number of hydrogen-bond donors (Lipinski definition) is 2. The van der Waals surface area contributed by atoms with Gasteiger partial charge in [-0.25, -0.2) is 14.6 Å². The first-order valence-electron chi connectivity index (χ1n) is 9.06. The predicted octanol–water partition coefficient (Wildman–Crippen LogP) is 4.73. The van der Waals surface area contributed by atoms with Crippen LogP contribution in [0.15, 0.2) is 65.6 Å². The molecule has 0 unspecified atom stereocenters. The van der Waals surface area contributed by atoms with E-state index >= 15 is 0 Å². The molecule has 0 aliphatic carbocycles. The maximum Gasteiger partial charge on any atom is 0.0913 e. The van der Waals surface area contributed by atoms with Gasteiger partial charge in [0.2, 0.25) is 0 Å². The molecular formula is C22H16N6O. The van der Waals surface area contributed by atoms with Gasteiger partial charge < -0.3 is 9.97 Å². The molecule has 0 spiro atoms. The Kier molecular flexibility index (Phi) is 4.31. The van der Waals surface area contributed by atoms with Crippen LogP contribution in [0.3, 0.4) is 0 Å². The summed E-state index contributed by atoms with van der Waals surface area (Å²) in [4.78, 5) is 16.0. The van der Waals surface area contributed by atoms with Gasteiger partial charge in [0, 0.05) is 22.1 Å². The Morgan fingerprint density at radius 2 is 0.862 bits per heavy atom. The van der Waals surface area contributed by atoms with Gasteiger partial charge >= 0.3 is 0 Å². The third-order valence-corrected chi connectivity index (χ3v) is 4.32. The average Bonchev–Trinajstić information content (AvgIpc) is 3.50. The first kappa shape index (κ1) is 16.9. The van der Waals surface area contributed by atoms with Crippen LogP contribution in [0, 0.1) is 0 Å². The lowest BCUT2D eigenvalue weighted by Gasteiger charge is -1.85. The van der Waals surface area contributed by atoms with Crippen LogP contribution in [0.1, 0.15) is 22.8 Å². The SMILES string of the molecule is C1=Cc2cc3ccc(cc4nc(cc5ccc(cc1n2)[nH]5)C=C4)[nH]3.c1cnon1. The van der Waals surface area contributed by atoms with Gasteiger partial charge in [-0.3, -0.25) is 0 Å². The summed E-state index contributed by atoms with van der Waals surface area (Å²) >= 11 is 0. The fourth-order valence-electron chi connectivity index (χ4n) is 3.08. The van der Waals surface area contributed by atoms with E-state index in [0.29, 0.717) is 0 Å². The summed E-state index contributed by atoms with van der Waals surface area (Å²) in [6, 6.07) is 16.4. The van der Waals surface area contributed by atoms with E-state index in [4.69, 9.17) is 0 Å². The van der Waals surface area contributed by atoms with Gasteiger partial charge in [-0.2, -0.15) is 0 Å². The molecule has 7 nitrogen and oxygen atoms in total. The van der Waals surface area contributed by atoms with Gasteiger partial charge in [-0.15, -0.1) is 0 Å². The molecule has 8 bridgehead atoms. The molecule has 2 N–H and O–H groups in total. The minimum absolute atomic E-state index is 0.939. The summed E-state index contributed by atoms with van der Waals surface area (Å²) in [7, 11) is 0. The number of fused-ring (bicyclic) bond motifs is 8. The molecule has 4 aromatic rings. The third kappa shape index (κ3) is 4.03. The molecule has 29 heavy (non-hydrogen) atoms. The van der Waals surface area contributed by atoms with Gasteiger partial charge in [-0.05, 0) is 72.8 Å². The standard InChI is InChI=1S/C20H14N4.C2H2N2O/c1-2-14-10-16-5-6-18(23-16)12-20-8-7-19(24-20)11-17-4-3-15(22-17)9-13(1)21-14;1-2-4-5-3-1/h1-12,21,24H;1-2H. The fourth-order valence-corrected chi connectivity index (χ4v) is 3.08. The predicted molar refractivity (Wildman–Crippen MR) is 113 cm³/mol. The van der Waals surface area contributed by atoms with Crippen molar-refractivity contribution in [2.24, 2.45) is 0 Å². The minimum atomic E-state index is 0.939. The molecule has 6 rings (SSSR count). The molecule has 0 amide bonds. The first-order chi connectivity index (χ1) is 14.3. The Morgan fingerprint density at radius 3 is 1.14 bits per heavy atom. The first-order valence-corrected chi connectivity index (χ1v) is 9.06. The summed E-state index contributed by atoms with van der Waals surface area (Å²) < 4.78 is 4.08. The van der Waals surface area contributed by atoms with Crippen molar-refractivity contribution in [3.63, 3.8) is 0 Å². The molecule has 140 valence electrons. The number of hydrogen-bond acceptors (Lipinski definition) is 5. The van der Waals surface area contributed by atoms with Crippen LogP contribution in [0.5, 0.6) is 0 Å². The topological polar surface area (TPSA) is 96.3 Å². The Hall–Kier alpha value is -4.26. The highest BCUT2D eigenvalue weighted by Crippen LogP contribution is 2.16. The lowest BCUT2D eigenvalue weighted by molar-refractivity contribution is 0.307. The molecule has 2 aliphatic heterocycles. The minimum Gasteiger partial charge on any atom is -0.355 e. The molecule has 0 fully saturated rings. The molecule has 0 radical (unpaired) electrons. The highest BCUT2D eigenvalue weighted by atomic mass is 16.6. The summed E-state index contributed by atoms with van der Waals surface area (Å²) in [5.41, 5.74) is 7.86. The largest absolute Gasteiger partial charge is 0.355 e. The van der Waals surface area contributed by atoms with E-state index < -0.39 is 0 Å². The van der Waals surface area contributed by atoms with Gasteiger partial charge in [0.1, 0.15) is 0 Å². The summed E-state index contributed by atoms with van der Waals surface area (Å²) in [6.45, 7) is 0. The molecule has 0 atom stereocenters. The van der Waals surface area contributed by atoms with Crippen LogP contribution in [-0.4, -0.2) is 30.2 Å². The number of H-pyrrole nitrogens is 2. The lowest BCUT2D eigenvalue weighted by Crippen LogP contribution is -1.75.